The molecular formula is C19H30N2. The van der Waals surface area contributed by atoms with Crippen molar-refractivity contribution in [2.45, 2.75) is 58.4 Å². The van der Waals surface area contributed by atoms with Gasteiger partial charge in [0.2, 0.25) is 0 Å². The molecule has 0 saturated heterocycles. The Morgan fingerprint density at radius 2 is 1.86 bits per heavy atom. The molecule has 0 aliphatic heterocycles. The molecule has 1 aromatic heterocycles. The van der Waals surface area contributed by atoms with Crippen LogP contribution in [0.25, 0.3) is 10.9 Å². The van der Waals surface area contributed by atoms with E-state index < -0.39 is 0 Å². The van der Waals surface area contributed by atoms with Gasteiger partial charge in [-0.1, -0.05) is 44.4 Å². The van der Waals surface area contributed by atoms with Crippen molar-refractivity contribution in [1.82, 2.24) is 9.88 Å². The highest BCUT2D eigenvalue weighted by Gasteiger charge is 2.07. The zero-order chi connectivity index (χ0) is 14.9. The number of aryl methyl sites for hydroxylation is 2. The van der Waals surface area contributed by atoms with Gasteiger partial charge in [0.1, 0.15) is 0 Å². The maximum Gasteiger partial charge on any atom is 0.0483 e. The van der Waals surface area contributed by atoms with E-state index in [9.17, 15) is 0 Å². The number of hydrogen-bond donors (Lipinski definition) is 1. The molecular weight excluding hydrogens is 256 g/mol. The molecule has 0 amide bonds. The molecule has 0 saturated carbocycles. The minimum absolute atomic E-state index is 1.12. The number of para-hydroxylation sites is 1. The van der Waals surface area contributed by atoms with Crippen molar-refractivity contribution in [2.24, 2.45) is 0 Å². The summed E-state index contributed by atoms with van der Waals surface area (Å²) in [7, 11) is 2.03. The van der Waals surface area contributed by atoms with Crippen LogP contribution >= 0.6 is 0 Å². The third-order valence-electron chi connectivity index (χ3n) is 4.25. The number of hydrogen-bond acceptors (Lipinski definition) is 1. The van der Waals surface area contributed by atoms with Crippen molar-refractivity contribution in [2.75, 3.05) is 13.6 Å². The highest BCUT2D eigenvalue weighted by molar-refractivity contribution is 5.83. The number of nitrogens with zero attached hydrogens (tertiary/aromatic N) is 1. The fraction of sp³-hybridized carbons (Fsp3) is 0.579. The Bertz CT molecular complexity index is 481. The number of rotatable bonds is 10. The standard InChI is InChI=1S/C19H30N2/c1-3-4-5-10-15-21-16-17(11-8-9-14-20-2)18-12-6-7-13-19(18)21/h6-7,12-13,16,20H,3-5,8-11,14-15H2,1-2H3. The van der Waals surface area contributed by atoms with E-state index in [-0.39, 0.29) is 0 Å². The number of benzene rings is 1. The number of fused-ring (bicyclic) bond motifs is 1. The Balaban J connectivity index is 2.03. The van der Waals surface area contributed by atoms with Gasteiger partial charge in [0, 0.05) is 23.6 Å². The summed E-state index contributed by atoms with van der Waals surface area (Å²) in [6.07, 6.45) is 11.4. The van der Waals surface area contributed by atoms with Crippen LogP contribution in [0.5, 0.6) is 0 Å². The van der Waals surface area contributed by atoms with Gasteiger partial charge in [0.05, 0.1) is 0 Å². The lowest BCUT2D eigenvalue weighted by atomic mass is 10.1. The van der Waals surface area contributed by atoms with Gasteiger partial charge in [-0.3, -0.25) is 0 Å². The molecule has 21 heavy (non-hydrogen) atoms. The summed E-state index contributed by atoms with van der Waals surface area (Å²) in [6.45, 7) is 4.56. The predicted octanol–water partition coefficient (Wildman–Crippen LogP) is 4.76. The van der Waals surface area contributed by atoms with Crippen LogP contribution in [0.3, 0.4) is 0 Å². The van der Waals surface area contributed by atoms with E-state index in [4.69, 9.17) is 0 Å². The Morgan fingerprint density at radius 1 is 1.00 bits per heavy atom. The van der Waals surface area contributed by atoms with Gasteiger partial charge in [0.25, 0.3) is 0 Å². The van der Waals surface area contributed by atoms with E-state index in [1.54, 1.807) is 0 Å². The maximum absolute atomic E-state index is 3.23. The SMILES string of the molecule is CCCCCCn1cc(CCCCNC)c2ccccc21. The molecule has 0 unspecified atom stereocenters. The Morgan fingerprint density at radius 3 is 2.67 bits per heavy atom. The first-order chi connectivity index (χ1) is 10.4. The van der Waals surface area contributed by atoms with Crippen molar-refractivity contribution in [1.29, 1.82) is 0 Å². The molecule has 2 heteroatoms. The second kappa shape index (κ2) is 8.89. The molecule has 2 rings (SSSR count). The minimum atomic E-state index is 1.12. The first kappa shape index (κ1) is 16.1. The van der Waals surface area contributed by atoms with E-state index in [1.807, 2.05) is 7.05 Å². The molecule has 2 nitrogen and oxygen atoms in total. The fourth-order valence-electron chi connectivity index (χ4n) is 3.03. The second-order valence-electron chi connectivity index (χ2n) is 5.99. The lowest BCUT2D eigenvalue weighted by Crippen LogP contribution is -2.07. The van der Waals surface area contributed by atoms with Crippen molar-refractivity contribution < 1.29 is 0 Å². The molecule has 0 radical (unpaired) electrons. The Kier molecular flexibility index (Phi) is 6.81. The average Bonchev–Trinajstić information content (AvgIpc) is 2.87. The number of unbranched alkanes of at least 4 members (excludes halogenated alkanes) is 4. The Labute approximate surface area is 129 Å². The summed E-state index contributed by atoms with van der Waals surface area (Å²) in [5.74, 6) is 0. The molecule has 0 atom stereocenters. The van der Waals surface area contributed by atoms with Crippen molar-refractivity contribution in [3.8, 4) is 0 Å². The van der Waals surface area contributed by atoms with Gasteiger partial charge < -0.3 is 9.88 Å². The minimum Gasteiger partial charge on any atom is -0.347 e. The Hall–Kier alpha value is -1.28. The topological polar surface area (TPSA) is 17.0 Å². The summed E-state index contributed by atoms with van der Waals surface area (Å²) in [5, 5.41) is 4.69. The molecule has 0 spiro atoms. The number of aromatic nitrogens is 1. The smallest absolute Gasteiger partial charge is 0.0483 e. The van der Waals surface area contributed by atoms with Crippen LogP contribution in [0.15, 0.2) is 30.5 Å². The van der Waals surface area contributed by atoms with Crippen LogP contribution in [-0.2, 0) is 13.0 Å². The molecule has 0 aliphatic rings. The summed E-state index contributed by atoms with van der Waals surface area (Å²) in [4.78, 5) is 0. The zero-order valence-corrected chi connectivity index (χ0v) is 13.7. The number of nitrogens with one attached hydrogen (secondary N) is 1. The van der Waals surface area contributed by atoms with E-state index in [2.05, 4.69) is 47.3 Å². The van der Waals surface area contributed by atoms with Gasteiger partial charge in [-0.05, 0) is 50.9 Å². The third-order valence-corrected chi connectivity index (χ3v) is 4.25. The van der Waals surface area contributed by atoms with Crippen LogP contribution in [0.1, 0.15) is 51.0 Å². The summed E-state index contributed by atoms with van der Waals surface area (Å²) in [6, 6.07) is 8.88. The van der Waals surface area contributed by atoms with Gasteiger partial charge >= 0.3 is 0 Å². The molecule has 2 aromatic rings. The highest BCUT2D eigenvalue weighted by atomic mass is 15.0. The molecule has 0 bridgehead atoms. The van der Waals surface area contributed by atoms with Crippen LogP contribution in [-0.4, -0.2) is 18.2 Å². The lowest BCUT2D eigenvalue weighted by molar-refractivity contribution is 0.592. The molecule has 116 valence electrons. The van der Waals surface area contributed by atoms with E-state index in [1.165, 1.54) is 61.4 Å². The monoisotopic (exact) mass is 286 g/mol. The summed E-state index contributed by atoms with van der Waals surface area (Å²) >= 11 is 0. The van der Waals surface area contributed by atoms with Gasteiger partial charge in [-0.2, -0.15) is 0 Å². The third kappa shape index (κ3) is 4.60. The molecule has 0 aliphatic carbocycles. The quantitative estimate of drug-likeness (QED) is 0.623. The van der Waals surface area contributed by atoms with Crippen molar-refractivity contribution in [3.05, 3.63) is 36.0 Å². The van der Waals surface area contributed by atoms with E-state index in [0.29, 0.717) is 0 Å². The maximum atomic E-state index is 3.23. The van der Waals surface area contributed by atoms with E-state index >= 15 is 0 Å². The first-order valence-corrected chi connectivity index (χ1v) is 8.58. The second-order valence-corrected chi connectivity index (χ2v) is 5.99. The van der Waals surface area contributed by atoms with E-state index in [0.717, 1.165) is 13.1 Å². The van der Waals surface area contributed by atoms with Crippen LogP contribution in [0.2, 0.25) is 0 Å². The summed E-state index contributed by atoms with van der Waals surface area (Å²) in [5.41, 5.74) is 2.94. The molecule has 0 fully saturated rings. The first-order valence-electron chi connectivity index (χ1n) is 8.58. The fourth-order valence-corrected chi connectivity index (χ4v) is 3.03. The van der Waals surface area contributed by atoms with Gasteiger partial charge in [-0.15, -0.1) is 0 Å². The predicted molar refractivity (Wildman–Crippen MR) is 92.9 cm³/mol. The van der Waals surface area contributed by atoms with Gasteiger partial charge in [0.15, 0.2) is 0 Å². The summed E-state index contributed by atoms with van der Waals surface area (Å²) < 4.78 is 2.47. The van der Waals surface area contributed by atoms with Crippen LogP contribution in [0, 0.1) is 0 Å². The highest BCUT2D eigenvalue weighted by Crippen LogP contribution is 2.23. The molecule has 1 N–H and O–H groups in total. The van der Waals surface area contributed by atoms with Gasteiger partial charge in [-0.25, -0.2) is 0 Å². The average molecular weight is 286 g/mol. The van der Waals surface area contributed by atoms with Crippen LogP contribution in [0.4, 0.5) is 0 Å². The zero-order valence-electron chi connectivity index (χ0n) is 13.7. The van der Waals surface area contributed by atoms with Crippen molar-refractivity contribution >= 4 is 10.9 Å². The lowest BCUT2D eigenvalue weighted by Gasteiger charge is -2.04. The molecule has 1 heterocycles. The van der Waals surface area contributed by atoms with Crippen LogP contribution < -0.4 is 5.32 Å². The van der Waals surface area contributed by atoms with Crippen molar-refractivity contribution in [3.63, 3.8) is 0 Å². The normalized spacial score (nSPS) is 11.3. The molecule has 1 aromatic carbocycles. The largest absolute Gasteiger partial charge is 0.347 e.